The van der Waals surface area contributed by atoms with Crippen molar-refractivity contribution in [3.63, 3.8) is 0 Å². The third-order valence-electron chi connectivity index (χ3n) is 7.74. The Morgan fingerprint density at radius 3 is 2.20 bits per heavy atom. The molecule has 184 valence electrons. The fraction of sp³-hybridized carbons (Fsp3) is 0.464. The maximum Gasteiger partial charge on any atom is 0.407 e. The number of hydrogen-bond acceptors (Lipinski definition) is 4. The SMILES string of the molecule is O=C(CC(CNC(=O)OCC1c2ccccc2-c2ccccc21)C1CC1)NC1CCC(C(=O)O)C1. The summed E-state index contributed by atoms with van der Waals surface area (Å²) in [4.78, 5) is 36.3. The van der Waals surface area contributed by atoms with Crippen molar-refractivity contribution in [2.75, 3.05) is 13.2 Å². The highest BCUT2D eigenvalue weighted by Crippen LogP contribution is 2.44. The highest BCUT2D eigenvalue weighted by molar-refractivity contribution is 5.79. The molecule has 7 heteroatoms. The summed E-state index contributed by atoms with van der Waals surface area (Å²) in [5, 5.41) is 15.0. The normalized spacial score (nSPS) is 21.6. The van der Waals surface area contributed by atoms with Crippen LogP contribution in [0.3, 0.4) is 0 Å². The first kappa shape index (κ1) is 23.4. The zero-order valence-electron chi connectivity index (χ0n) is 19.7. The topological polar surface area (TPSA) is 105 Å². The molecule has 2 aromatic carbocycles. The zero-order chi connectivity index (χ0) is 24.4. The molecule has 35 heavy (non-hydrogen) atoms. The number of alkyl carbamates (subject to hydrolysis) is 1. The van der Waals surface area contributed by atoms with Gasteiger partial charge in [-0.3, -0.25) is 9.59 Å². The van der Waals surface area contributed by atoms with E-state index in [4.69, 9.17) is 9.84 Å². The second kappa shape index (κ2) is 10.1. The monoisotopic (exact) mass is 476 g/mol. The minimum atomic E-state index is -0.787. The second-order valence-corrected chi connectivity index (χ2v) is 10.1. The van der Waals surface area contributed by atoms with Gasteiger partial charge in [0, 0.05) is 24.9 Å². The Morgan fingerprint density at radius 1 is 0.943 bits per heavy atom. The lowest BCUT2D eigenvalue weighted by Gasteiger charge is -2.19. The summed E-state index contributed by atoms with van der Waals surface area (Å²) < 4.78 is 5.63. The Hall–Kier alpha value is -3.35. The maximum absolute atomic E-state index is 12.6. The molecule has 0 spiro atoms. The smallest absolute Gasteiger partial charge is 0.407 e. The number of carbonyl (C=O) groups is 3. The number of carboxylic acid groups (broad SMARTS) is 1. The van der Waals surface area contributed by atoms with Crippen molar-refractivity contribution in [1.29, 1.82) is 0 Å². The van der Waals surface area contributed by atoms with Crippen LogP contribution in [-0.4, -0.2) is 42.3 Å². The summed E-state index contributed by atoms with van der Waals surface area (Å²) in [6.07, 6.45) is 3.81. The number of benzene rings is 2. The summed E-state index contributed by atoms with van der Waals surface area (Å²) in [6, 6.07) is 16.4. The average Bonchev–Trinajstić information content (AvgIpc) is 3.51. The van der Waals surface area contributed by atoms with Crippen LogP contribution in [0.1, 0.15) is 55.6 Å². The molecule has 2 fully saturated rings. The van der Waals surface area contributed by atoms with Gasteiger partial charge in [0.2, 0.25) is 5.91 Å². The molecule has 3 aliphatic rings. The quantitative estimate of drug-likeness (QED) is 0.500. The number of rotatable bonds is 9. The number of aliphatic carboxylic acids is 1. The Morgan fingerprint density at radius 2 is 1.60 bits per heavy atom. The zero-order valence-corrected chi connectivity index (χ0v) is 19.7. The molecule has 5 rings (SSSR count). The maximum atomic E-state index is 12.6. The summed E-state index contributed by atoms with van der Waals surface area (Å²) >= 11 is 0. The number of fused-ring (bicyclic) bond motifs is 3. The van der Waals surface area contributed by atoms with Crippen LogP contribution < -0.4 is 10.6 Å². The third kappa shape index (κ3) is 5.34. The van der Waals surface area contributed by atoms with Gasteiger partial charge in [0.15, 0.2) is 0 Å². The van der Waals surface area contributed by atoms with E-state index in [2.05, 4.69) is 34.9 Å². The van der Waals surface area contributed by atoms with Crippen LogP contribution in [0.15, 0.2) is 48.5 Å². The van der Waals surface area contributed by atoms with Gasteiger partial charge in [0.1, 0.15) is 6.61 Å². The molecule has 0 bridgehead atoms. The molecule has 2 aromatic rings. The first-order chi connectivity index (χ1) is 17.0. The van der Waals surface area contributed by atoms with E-state index in [1.165, 1.54) is 22.3 Å². The highest BCUT2D eigenvalue weighted by atomic mass is 16.5. The molecular formula is C28H32N2O5. The van der Waals surface area contributed by atoms with Crippen LogP contribution in [0.4, 0.5) is 4.79 Å². The molecule has 2 amide bonds. The van der Waals surface area contributed by atoms with E-state index >= 15 is 0 Å². The number of carbonyl (C=O) groups excluding carboxylic acids is 2. The lowest BCUT2D eigenvalue weighted by Crippen LogP contribution is -2.38. The van der Waals surface area contributed by atoms with Crippen LogP contribution in [0.25, 0.3) is 11.1 Å². The van der Waals surface area contributed by atoms with Gasteiger partial charge < -0.3 is 20.5 Å². The third-order valence-corrected chi connectivity index (χ3v) is 7.74. The molecule has 0 saturated heterocycles. The molecule has 3 unspecified atom stereocenters. The average molecular weight is 477 g/mol. The van der Waals surface area contributed by atoms with Crippen LogP contribution in [-0.2, 0) is 14.3 Å². The molecule has 0 aromatic heterocycles. The van der Waals surface area contributed by atoms with Crippen molar-refractivity contribution in [2.45, 2.75) is 50.5 Å². The number of amides is 2. The highest BCUT2D eigenvalue weighted by Gasteiger charge is 2.35. The van der Waals surface area contributed by atoms with Crippen molar-refractivity contribution < 1.29 is 24.2 Å². The van der Waals surface area contributed by atoms with Gasteiger partial charge >= 0.3 is 12.1 Å². The van der Waals surface area contributed by atoms with Crippen molar-refractivity contribution >= 4 is 18.0 Å². The number of nitrogens with one attached hydrogen (secondary N) is 2. The number of ether oxygens (including phenoxy) is 1. The molecular weight excluding hydrogens is 444 g/mol. The number of hydrogen-bond donors (Lipinski definition) is 3. The minimum absolute atomic E-state index is 0.0131. The Labute approximate surface area is 205 Å². The Kier molecular flexibility index (Phi) is 6.75. The van der Waals surface area contributed by atoms with Crippen molar-refractivity contribution in [1.82, 2.24) is 10.6 Å². The summed E-state index contributed by atoms with van der Waals surface area (Å²) in [5.74, 6) is -0.705. The molecule has 3 N–H and O–H groups in total. The van der Waals surface area contributed by atoms with E-state index in [9.17, 15) is 14.4 Å². The van der Waals surface area contributed by atoms with Gasteiger partial charge in [-0.1, -0.05) is 48.5 Å². The summed E-state index contributed by atoms with van der Waals surface area (Å²) in [5.41, 5.74) is 4.72. The summed E-state index contributed by atoms with van der Waals surface area (Å²) in [7, 11) is 0. The predicted molar refractivity (Wildman–Crippen MR) is 131 cm³/mol. The lowest BCUT2D eigenvalue weighted by molar-refractivity contribution is -0.141. The van der Waals surface area contributed by atoms with Crippen molar-refractivity contribution in [3.05, 3.63) is 59.7 Å². The second-order valence-electron chi connectivity index (χ2n) is 10.1. The fourth-order valence-corrected chi connectivity index (χ4v) is 5.70. The molecule has 7 nitrogen and oxygen atoms in total. The molecule has 0 radical (unpaired) electrons. The largest absolute Gasteiger partial charge is 0.481 e. The van der Waals surface area contributed by atoms with E-state index < -0.39 is 12.1 Å². The van der Waals surface area contributed by atoms with E-state index in [-0.39, 0.29) is 36.3 Å². The minimum Gasteiger partial charge on any atom is -0.481 e. The first-order valence-corrected chi connectivity index (χ1v) is 12.6. The van der Waals surface area contributed by atoms with Crippen molar-refractivity contribution in [2.24, 2.45) is 17.8 Å². The Balaban J connectivity index is 1.11. The van der Waals surface area contributed by atoms with Gasteiger partial charge in [-0.05, 0) is 66.2 Å². The van der Waals surface area contributed by atoms with Crippen molar-refractivity contribution in [3.8, 4) is 11.1 Å². The molecule has 0 heterocycles. The van der Waals surface area contributed by atoms with Crippen LogP contribution in [0.5, 0.6) is 0 Å². The standard InChI is InChI=1S/C28H32N2O5/c31-26(30-20-12-11-18(13-20)27(32)33)14-19(17-9-10-17)15-29-28(34)35-16-25-23-7-3-1-5-21(23)22-6-2-4-8-24(22)25/h1-8,17-20,25H,9-16H2,(H,29,34)(H,30,31)(H,32,33). The van der Waals surface area contributed by atoms with Crippen LogP contribution in [0.2, 0.25) is 0 Å². The summed E-state index contributed by atoms with van der Waals surface area (Å²) in [6.45, 7) is 0.665. The van der Waals surface area contributed by atoms with Gasteiger partial charge in [-0.15, -0.1) is 0 Å². The molecule has 0 aliphatic heterocycles. The van der Waals surface area contributed by atoms with Gasteiger partial charge in [0.25, 0.3) is 0 Å². The lowest BCUT2D eigenvalue weighted by atomic mass is 9.98. The number of carboxylic acids is 1. The fourth-order valence-electron chi connectivity index (χ4n) is 5.70. The van der Waals surface area contributed by atoms with E-state index in [1.807, 2.05) is 24.3 Å². The van der Waals surface area contributed by atoms with E-state index in [0.29, 0.717) is 38.1 Å². The van der Waals surface area contributed by atoms with Crippen LogP contribution in [0, 0.1) is 17.8 Å². The predicted octanol–water partition coefficient (Wildman–Crippen LogP) is 4.31. The van der Waals surface area contributed by atoms with Gasteiger partial charge in [0.05, 0.1) is 5.92 Å². The van der Waals surface area contributed by atoms with Gasteiger partial charge in [-0.2, -0.15) is 0 Å². The van der Waals surface area contributed by atoms with E-state index in [0.717, 1.165) is 12.8 Å². The van der Waals surface area contributed by atoms with Gasteiger partial charge in [-0.25, -0.2) is 4.79 Å². The van der Waals surface area contributed by atoms with Crippen LogP contribution >= 0.6 is 0 Å². The first-order valence-electron chi connectivity index (χ1n) is 12.6. The molecule has 2 saturated carbocycles. The Bertz CT molecular complexity index is 1070. The molecule has 3 atom stereocenters. The van der Waals surface area contributed by atoms with E-state index in [1.54, 1.807) is 0 Å². The molecule has 3 aliphatic carbocycles.